The van der Waals surface area contributed by atoms with Crippen molar-refractivity contribution in [2.75, 3.05) is 19.6 Å². The highest BCUT2D eigenvalue weighted by molar-refractivity contribution is 5.80. The van der Waals surface area contributed by atoms with Crippen molar-refractivity contribution in [3.05, 3.63) is 0 Å². The minimum absolute atomic E-state index is 0.386. The minimum atomic E-state index is 0.386. The van der Waals surface area contributed by atoms with Crippen molar-refractivity contribution in [1.82, 2.24) is 4.90 Å². The van der Waals surface area contributed by atoms with E-state index in [1.54, 1.807) is 0 Å². The SMILES string of the molecule is NCC1CN(C(=O)C2C3CC4CC(C3)CC2C4)C1. The molecular formula is C15H24N2O. The summed E-state index contributed by atoms with van der Waals surface area (Å²) < 4.78 is 0. The van der Waals surface area contributed by atoms with Crippen molar-refractivity contribution in [2.45, 2.75) is 32.1 Å². The maximum Gasteiger partial charge on any atom is 0.226 e. The van der Waals surface area contributed by atoms with Crippen LogP contribution in [0.5, 0.6) is 0 Å². The molecule has 5 rings (SSSR count). The molecule has 3 nitrogen and oxygen atoms in total. The topological polar surface area (TPSA) is 46.3 Å². The molecule has 18 heavy (non-hydrogen) atoms. The molecule has 100 valence electrons. The molecule has 4 saturated carbocycles. The molecule has 4 aliphatic carbocycles. The zero-order valence-electron chi connectivity index (χ0n) is 11.1. The molecule has 0 radical (unpaired) electrons. The van der Waals surface area contributed by atoms with Gasteiger partial charge in [0.25, 0.3) is 0 Å². The lowest BCUT2D eigenvalue weighted by Crippen LogP contribution is -2.58. The summed E-state index contributed by atoms with van der Waals surface area (Å²) in [5, 5.41) is 0. The van der Waals surface area contributed by atoms with Crippen LogP contribution in [0, 0.1) is 35.5 Å². The van der Waals surface area contributed by atoms with Crippen molar-refractivity contribution >= 4 is 5.91 Å². The second-order valence-electron chi connectivity index (χ2n) is 7.30. The Labute approximate surface area is 109 Å². The van der Waals surface area contributed by atoms with Gasteiger partial charge in [0.15, 0.2) is 0 Å². The molecule has 5 aliphatic rings. The van der Waals surface area contributed by atoms with Gasteiger partial charge in [-0.15, -0.1) is 0 Å². The number of carbonyl (C=O) groups excluding carboxylic acids is 1. The van der Waals surface area contributed by atoms with Gasteiger partial charge in [-0.25, -0.2) is 0 Å². The van der Waals surface area contributed by atoms with Crippen LogP contribution >= 0.6 is 0 Å². The van der Waals surface area contributed by atoms with Crippen LogP contribution in [0.4, 0.5) is 0 Å². The Kier molecular flexibility index (Phi) is 2.48. The molecule has 0 aromatic carbocycles. The first-order valence-electron chi connectivity index (χ1n) is 7.73. The molecule has 5 fully saturated rings. The molecule has 3 heteroatoms. The zero-order chi connectivity index (χ0) is 12.3. The molecule has 0 aromatic rings. The monoisotopic (exact) mass is 248 g/mol. The van der Waals surface area contributed by atoms with Crippen LogP contribution in [0.1, 0.15) is 32.1 Å². The van der Waals surface area contributed by atoms with Gasteiger partial charge in [0.05, 0.1) is 0 Å². The third kappa shape index (κ3) is 1.56. The van der Waals surface area contributed by atoms with Gasteiger partial charge in [-0.2, -0.15) is 0 Å². The van der Waals surface area contributed by atoms with E-state index in [0.717, 1.165) is 43.3 Å². The van der Waals surface area contributed by atoms with E-state index in [4.69, 9.17) is 5.73 Å². The Morgan fingerprint density at radius 1 is 1.00 bits per heavy atom. The largest absolute Gasteiger partial charge is 0.342 e. The minimum Gasteiger partial charge on any atom is -0.342 e. The summed E-state index contributed by atoms with van der Waals surface area (Å²) in [7, 11) is 0. The standard InChI is InChI=1S/C15H24N2O/c16-6-11-7-17(8-11)15(18)14-12-2-9-1-10(4-12)5-13(14)3-9/h9-14H,1-8,16H2. The molecule has 1 heterocycles. The summed E-state index contributed by atoms with van der Waals surface area (Å²) in [6.45, 7) is 2.60. The van der Waals surface area contributed by atoms with Crippen LogP contribution in [0.3, 0.4) is 0 Å². The van der Waals surface area contributed by atoms with Gasteiger partial charge < -0.3 is 10.6 Å². The van der Waals surface area contributed by atoms with Gasteiger partial charge >= 0.3 is 0 Å². The van der Waals surface area contributed by atoms with Crippen molar-refractivity contribution in [3.63, 3.8) is 0 Å². The number of nitrogens with zero attached hydrogens (tertiary/aromatic N) is 1. The number of hydrogen-bond acceptors (Lipinski definition) is 2. The fourth-order valence-electron chi connectivity index (χ4n) is 5.44. The molecule has 0 unspecified atom stereocenters. The smallest absolute Gasteiger partial charge is 0.226 e. The number of carbonyl (C=O) groups is 1. The Balaban J connectivity index is 1.47. The van der Waals surface area contributed by atoms with Gasteiger partial charge in [-0.1, -0.05) is 0 Å². The van der Waals surface area contributed by atoms with Crippen LogP contribution < -0.4 is 5.73 Å². The lowest BCUT2D eigenvalue weighted by Gasteiger charge is -2.55. The van der Waals surface area contributed by atoms with E-state index in [2.05, 4.69) is 4.90 Å². The lowest BCUT2D eigenvalue weighted by molar-refractivity contribution is -0.155. The molecule has 2 N–H and O–H groups in total. The average molecular weight is 248 g/mol. The first kappa shape index (κ1) is 11.3. The maximum absolute atomic E-state index is 12.7. The number of hydrogen-bond donors (Lipinski definition) is 1. The van der Waals surface area contributed by atoms with Crippen molar-refractivity contribution < 1.29 is 4.79 Å². The number of nitrogens with two attached hydrogens (primary N) is 1. The quantitative estimate of drug-likeness (QED) is 0.804. The third-order valence-electron chi connectivity index (χ3n) is 6.11. The Morgan fingerprint density at radius 2 is 1.56 bits per heavy atom. The van der Waals surface area contributed by atoms with Gasteiger partial charge in [0.2, 0.25) is 5.91 Å². The Hall–Kier alpha value is -0.570. The normalized spacial score (nSPS) is 46.3. The lowest BCUT2D eigenvalue weighted by atomic mass is 9.51. The maximum atomic E-state index is 12.7. The molecule has 1 aliphatic heterocycles. The first-order valence-corrected chi connectivity index (χ1v) is 7.73. The van der Waals surface area contributed by atoms with Crippen molar-refractivity contribution in [3.8, 4) is 0 Å². The molecule has 4 bridgehead atoms. The van der Waals surface area contributed by atoms with Gasteiger partial charge in [-0.3, -0.25) is 4.79 Å². The highest BCUT2D eigenvalue weighted by atomic mass is 16.2. The van der Waals surface area contributed by atoms with Crippen molar-refractivity contribution in [1.29, 1.82) is 0 Å². The van der Waals surface area contributed by atoms with Crippen LogP contribution in [0.15, 0.2) is 0 Å². The molecular weight excluding hydrogens is 224 g/mol. The zero-order valence-corrected chi connectivity index (χ0v) is 11.1. The van der Waals surface area contributed by atoms with Crippen LogP contribution in [-0.2, 0) is 4.79 Å². The number of amides is 1. The van der Waals surface area contributed by atoms with Gasteiger partial charge in [0, 0.05) is 24.9 Å². The summed E-state index contributed by atoms with van der Waals surface area (Å²) in [5.41, 5.74) is 5.65. The predicted octanol–water partition coefficient (Wildman–Crippen LogP) is 1.48. The van der Waals surface area contributed by atoms with Gasteiger partial charge in [0.1, 0.15) is 0 Å². The fourth-order valence-corrected chi connectivity index (χ4v) is 5.44. The van der Waals surface area contributed by atoms with Crippen LogP contribution in [0.25, 0.3) is 0 Å². The van der Waals surface area contributed by atoms with E-state index < -0.39 is 0 Å². The summed E-state index contributed by atoms with van der Waals surface area (Å²) >= 11 is 0. The van der Waals surface area contributed by atoms with Crippen LogP contribution in [0.2, 0.25) is 0 Å². The molecule has 0 atom stereocenters. The van der Waals surface area contributed by atoms with Crippen molar-refractivity contribution in [2.24, 2.45) is 41.2 Å². The van der Waals surface area contributed by atoms with E-state index >= 15 is 0 Å². The number of rotatable bonds is 2. The highest BCUT2D eigenvalue weighted by Gasteiger charge is 2.52. The van der Waals surface area contributed by atoms with Crippen LogP contribution in [-0.4, -0.2) is 30.4 Å². The van der Waals surface area contributed by atoms with E-state index in [-0.39, 0.29) is 0 Å². The summed E-state index contributed by atoms with van der Waals surface area (Å²) in [5.74, 6) is 4.82. The first-order chi connectivity index (χ1) is 8.74. The second-order valence-corrected chi connectivity index (χ2v) is 7.30. The van der Waals surface area contributed by atoms with E-state index in [9.17, 15) is 4.79 Å². The molecule has 0 aromatic heterocycles. The highest BCUT2D eigenvalue weighted by Crippen LogP contribution is 2.57. The molecule has 0 spiro atoms. The van der Waals surface area contributed by atoms with E-state index in [1.165, 1.54) is 32.1 Å². The predicted molar refractivity (Wildman–Crippen MR) is 69.7 cm³/mol. The summed E-state index contributed by atoms with van der Waals surface area (Å²) in [4.78, 5) is 14.7. The third-order valence-corrected chi connectivity index (χ3v) is 6.11. The Morgan fingerprint density at radius 3 is 2.06 bits per heavy atom. The second kappa shape index (κ2) is 3.96. The average Bonchev–Trinajstić information content (AvgIpc) is 2.25. The van der Waals surface area contributed by atoms with E-state index in [0.29, 0.717) is 17.7 Å². The molecule has 1 amide bonds. The molecule has 1 saturated heterocycles. The summed E-state index contributed by atoms with van der Waals surface area (Å²) in [6.07, 6.45) is 6.84. The van der Waals surface area contributed by atoms with E-state index in [1.807, 2.05) is 0 Å². The number of likely N-dealkylation sites (tertiary alicyclic amines) is 1. The van der Waals surface area contributed by atoms with Gasteiger partial charge in [-0.05, 0) is 62.3 Å². The summed E-state index contributed by atoms with van der Waals surface area (Å²) in [6, 6.07) is 0. The fraction of sp³-hybridized carbons (Fsp3) is 0.933. The Bertz CT molecular complexity index is 334.